The number of rotatable bonds is 67. The molecule has 41 heteroatoms. The molecule has 9 unspecified atom stereocenters. The normalized spacial score (nSPS) is 18.0. The molecule has 3 aliphatic heterocycles. The van der Waals surface area contributed by atoms with Crippen LogP contribution in [0.15, 0.2) is 103 Å². The SMILES string of the molecule is CNC(C(=O)NC(C(=O)N(C)C(/C=C(\C)C(=O)O)C(C)C)C(C)(C)C)C(C)(C)c1cccc(NC(=O)OCc2ccc(OC3OC(C(=O)O)C(O)C(O)C3O)c(CNC(=O)CCNC(=O)C(CNC(=O)CCOCCOCCOCCOCCOCCOCCOCCOCCOCCOCCOCCOC)NC(=O)C3CCC4(CC3)CCN(C(=O)CCCCC(=O)N3Cc5ccccc5/C=C\c5ccccc53)CC4)c2)c1. The van der Waals surface area contributed by atoms with Crippen LogP contribution in [0.5, 0.6) is 5.75 Å². The lowest BCUT2D eigenvalue weighted by Gasteiger charge is -2.45. The van der Waals surface area contributed by atoms with E-state index in [4.69, 9.17) is 71.1 Å². The number of likely N-dealkylation sites (N-methyl/N-ethyl adjacent to an activating group) is 2. The average Bonchev–Trinajstić information content (AvgIpc) is 0.826. The maximum Gasteiger partial charge on any atom is 0.411 e. The van der Waals surface area contributed by atoms with Crippen LogP contribution in [0.25, 0.3) is 12.2 Å². The zero-order chi connectivity index (χ0) is 107. The maximum absolute atomic E-state index is 14.5. The number of nitrogens with zero attached hydrogens (tertiary/aromatic N) is 3. The van der Waals surface area contributed by atoms with Crippen molar-refractivity contribution in [3.63, 3.8) is 0 Å². The summed E-state index contributed by atoms with van der Waals surface area (Å²) in [6.45, 7) is 23.4. The zero-order valence-corrected chi connectivity index (χ0v) is 87.1. The molecule has 0 aromatic heterocycles. The quantitative estimate of drug-likeness (QED) is 0.0163. The number of aliphatic hydroxyl groups excluding tert-OH is 3. The number of carbonyl (C=O) groups excluding carboxylic acids is 9. The first-order valence-electron chi connectivity index (χ1n) is 50.8. The molecule has 8 rings (SSSR count). The van der Waals surface area contributed by atoms with E-state index in [0.717, 1.165) is 35.2 Å². The van der Waals surface area contributed by atoms with Crippen molar-refractivity contribution in [2.24, 2.45) is 22.7 Å². The predicted octanol–water partition coefficient (Wildman–Crippen LogP) is 6.64. The molecule has 2 saturated heterocycles. The van der Waals surface area contributed by atoms with Crippen LogP contribution in [0.4, 0.5) is 16.2 Å². The van der Waals surface area contributed by atoms with Crippen LogP contribution >= 0.6 is 0 Å². The minimum atomic E-state index is -2.05. The van der Waals surface area contributed by atoms with Crippen LogP contribution in [0, 0.1) is 22.7 Å². The number of ether oxygens (including phenoxy) is 15. The number of carboxylic acid groups (broad SMARTS) is 2. The van der Waals surface area contributed by atoms with Gasteiger partial charge in [0, 0.05) is 101 Å². The number of methoxy groups -OCH3 is 1. The number of amides is 9. The van der Waals surface area contributed by atoms with Gasteiger partial charge in [-0.15, -0.1) is 0 Å². The molecule has 9 amide bonds. The van der Waals surface area contributed by atoms with E-state index in [0.29, 0.717) is 208 Å². The second-order valence-corrected chi connectivity index (χ2v) is 38.8. The number of nitrogens with one attached hydrogen (secondary N) is 7. The smallest absolute Gasteiger partial charge is 0.411 e. The Hall–Kier alpha value is -10.6. The van der Waals surface area contributed by atoms with Gasteiger partial charge in [0.2, 0.25) is 53.5 Å². The highest BCUT2D eigenvalue weighted by Crippen LogP contribution is 2.47. The second-order valence-electron chi connectivity index (χ2n) is 38.8. The largest absolute Gasteiger partial charge is 0.479 e. The summed E-state index contributed by atoms with van der Waals surface area (Å²) in [5.41, 5.74) is 3.35. The van der Waals surface area contributed by atoms with Crippen LogP contribution in [0.3, 0.4) is 0 Å². The lowest BCUT2D eigenvalue weighted by atomic mass is 9.65. The predicted molar refractivity (Wildman–Crippen MR) is 543 cm³/mol. The highest BCUT2D eigenvalue weighted by molar-refractivity contribution is 5.97. The Bertz CT molecular complexity index is 4800. The van der Waals surface area contributed by atoms with E-state index < -0.39 is 132 Å². The molecular formula is C106H158N10O31. The Kier molecular flexibility index (Phi) is 53.6. The molecule has 1 spiro atoms. The van der Waals surface area contributed by atoms with Gasteiger partial charge >= 0.3 is 18.0 Å². The topological polar surface area (TPSA) is 521 Å². The van der Waals surface area contributed by atoms with E-state index in [2.05, 4.69) is 43.3 Å². The van der Waals surface area contributed by atoms with E-state index in [9.17, 15) is 78.3 Å². The zero-order valence-electron chi connectivity index (χ0n) is 87.1. The minimum Gasteiger partial charge on any atom is -0.479 e. The monoisotopic (exact) mass is 2070 g/mol. The fourth-order valence-electron chi connectivity index (χ4n) is 17.4. The fourth-order valence-corrected chi connectivity index (χ4v) is 17.4. The summed E-state index contributed by atoms with van der Waals surface area (Å²) < 4.78 is 82.9. The molecule has 1 aliphatic carbocycles. The van der Waals surface area contributed by atoms with E-state index in [-0.39, 0.29) is 105 Å². The van der Waals surface area contributed by atoms with Crippen molar-refractivity contribution < 1.29 is 149 Å². The summed E-state index contributed by atoms with van der Waals surface area (Å²) in [5, 5.41) is 71.6. The fraction of sp³-hybridized carbons (Fsp3) is 0.632. The van der Waals surface area contributed by atoms with Gasteiger partial charge in [-0.3, -0.25) is 43.7 Å². The molecule has 1 saturated carbocycles. The average molecular weight is 2070 g/mol. The third-order valence-electron chi connectivity index (χ3n) is 26.2. The summed E-state index contributed by atoms with van der Waals surface area (Å²) >= 11 is 0. The van der Waals surface area contributed by atoms with E-state index >= 15 is 0 Å². The van der Waals surface area contributed by atoms with E-state index in [1.165, 1.54) is 36.1 Å². The number of benzene rings is 4. The lowest BCUT2D eigenvalue weighted by Crippen LogP contribution is -2.61. The molecular weight excluding hydrogens is 1910 g/mol. The molecule has 4 aromatic carbocycles. The highest BCUT2D eigenvalue weighted by atomic mass is 16.7. The van der Waals surface area contributed by atoms with Crippen LogP contribution in [0.1, 0.15) is 166 Å². The van der Waals surface area contributed by atoms with Crippen molar-refractivity contribution in [1.82, 2.24) is 41.7 Å². The van der Waals surface area contributed by atoms with Gasteiger partial charge in [-0.05, 0) is 140 Å². The number of anilines is 2. The van der Waals surface area contributed by atoms with E-state index in [1.54, 1.807) is 45.5 Å². The number of carbonyl (C=O) groups is 11. The van der Waals surface area contributed by atoms with Gasteiger partial charge in [-0.1, -0.05) is 127 Å². The van der Waals surface area contributed by atoms with Crippen molar-refractivity contribution in [3.8, 4) is 5.75 Å². The van der Waals surface area contributed by atoms with Crippen LogP contribution in [-0.2, 0) is 139 Å². The van der Waals surface area contributed by atoms with Gasteiger partial charge in [0.25, 0.3) is 0 Å². The third kappa shape index (κ3) is 41.7. The number of aliphatic carboxylic acids is 2. The summed E-state index contributed by atoms with van der Waals surface area (Å²) in [6, 6.07) is 22.9. The number of piperidine rings is 1. The molecule has 818 valence electrons. The molecule has 12 N–H and O–H groups in total. The number of para-hydroxylation sites is 1. The van der Waals surface area contributed by atoms with Crippen molar-refractivity contribution >= 4 is 88.8 Å². The van der Waals surface area contributed by atoms with Crippen molar-refractivity contribution in [2.75, 3.05) is 210 Å². The molecule has 0 radical (unpaired) electrons. The summed E-state index contributed by atoms with van der Waals surface area (Å²) in [5.74, 6) is -6.74. The Labute approximate surface area is 862 Å². The van der Waals surface area contributed by atoms with Crippen LogP contribution in [0.2, 0.25) is 0 Å². The molecule has 147 heavy (non-hydrogen) atoms. The summed E-state index contributed by atoms with van der Waals surface area (Å²) in [6.07, 6.45) is -0.129. The number of likely N-dealkylation sites (tertiary alicyclic amines) is 1. The lowest BCUT2D eigenvalue weighted by molar-refractivity contribution is -0.271. The first-order chi connectivity index (χ1) is 70.5. The molecule has 4 aliphatic rings. The minimum absolute atomic E-state index is 0.000186. The Balaban J connectivity index is 0.799. The maximum atomic E-state index is 14.5. The number of hydrogen-bond donors (Lipinski definition) is 12. The van der Waals surface area contributed by atoms with Gasteiger partial charge in [0.15, 0.2) is 6.10 Å². The first kappa shape index (κ1) is 122. The highest BCUT2D eigenvalue weighted by Gasteiger charge is 2.49. The number of hydrogen-bond acceptors (Lipinski definition) is 30. The van der Waals surface area contributed by atoms with Crippen molar-refractivity contribution in [3.05, 3.63) is 136 Å². The third-order valence-corrected chi connectivity index (χ3v) is 26.2. The van der Waals surface area contributed by atoms with Gasteiger partial charge in [-0.25, -0.2) is 14.4 Å². The van der Waals surface area contributed by atoms with Gasteiger partial charge < -0.3 is 143 Å². The second kappa shape index (κ2) is 64.8. The molecule has 3 heterocycles. The van der Waals surface area contributed by atoms with Crippen LogP contribution in [-0.4, -0.2) is 355 Å². The number of carboxylic acids is 2. The number of unbranched alkanes of at least 4 members (excludes halogenated alkanes) is 1. The molecule has 41 nitrogen and oxygen atoms in total. The molecule has 0 bridgehead atoms. The Morgan fingerprint density at radius 2 is 1.10 bits per heavy atom. The first-order valence-corrected chi connectivity index (χ1v) is 50.8. The standard InChI is InChI=1S/C106H158N10O31/c1-72(2)84(65-73(3)100(128)129)114(10)99(127)95(104(4,5)6)113-98(126)94(107-9)105(7,8)80-22-18-23-81(67-80)111-103(132)145-71-74-27-30-85(146-102-92(123)90(121)91(122)93(147-102)101(130)131)79(66-74)68-109-86(117)33-39-108-97(125)82(69-110-87(118)34-42-134-45-46-136-49-50-138-53-54-140-57-58-142-61-62-144-64-63-143-60-59-141-56-55-139-52-51-137-48-47-135-44-43-133-11)112-96(124)77-31-35-106(36-32-77)37-40-115(41-38-106)88(119)25-16-17-26-89(120)116-70-78-21-13-12-19-75(78)28-29-76-20-14-15-24-83(76)116/h12-15,18-24,27-30,65-67,72,77,82,84,90-95,102,107,121-123H,16-17,25-26,31-64,68-71H2,1-11H3,(H,108,125)(H,109,117)(H,110,118)(H,111,132)(H,112,124)(H,113,126)(H,128,129)(H,130,131)/b29-28-,73-65+. The summed E-state index contributed by atoms with van der Waals surface area (Å²) in [4.78, 5) is 155. The Morgan fingerprint density at radius 3 is 1.64 bits per heavy atom. The van der Waals surface area contributed by atoms with Crippen molar-refractivity contribution in [2.45, 2.75) is 212 Å². The molecule has 3 fully saturated rings. The Morgan fingerprint density at radius 1 is 0.565 bits per heavy atom. The van der Waals surface area contributed by atoms with Gasteiger partial charge in [0.1, 0.15) is 42.8 Å². The number of fused-ring (bicyclic) bond motifs is 2. The summed E-state index contributed by atoms with van der Waals surface area (Å²) in [7, 11) is 4.80. The molecule has 9 atom stereocenters. The molecule has 4 aromatic rings. The van der Waals surface area contributed by atoms with E-state index in [1.807, 2.05) is 113 Å². The number of aliphatic hydroxyl groups is 3. The van der Waals surface area contributed by atoms with Gasteiger partial charge in [0.05, 0.1) is 176 Å². The van der Waals surface area contributed by atoms with Crippen molar-refractivity contribution in [1.29, 1.82) is 0 Å². The van der Waals surface area contributed by atoms with Crippen LogP contribution < -0.4 is 46.9 Å². The van der Waals surface area contributed by atoms with Gasteiger partial charge in [-0.2, -0.15) is 0 Å².